The fraction of sp³-hybridized carbons (Fsp3) is 0.241. The largest absolute Gasteiger partial charge is 0.478 e. The fourth-order valence-electron chi connectivity index (χ4n) is 4.49. The van der Waals surface area contributed by atoms with Crippen LogP contribution in [0.5, 0.6) is 0 Å². The Morgan fingerprint density at radius 3 is 2.46 bits per heavy atom. The molecule has 1 aliphatic heterocycles. The number of likely N-dealkylation sites (tertiary alicyclic amines) is 1. The van der Waals surface area contributed by atoms with Crippen LogP contribution in [0.1, 0.15) is 40.9 Å². The van der Waals surface area contributed by atoms with Crippen molar-refractivity contribution in [3.8, 4) is 0 Å². The van der Waals surface area contributed by atoms with Gasteiger partial charge in [-0.05, 0) is 41.3 Å². The van der Waals surface area contributed by atoms with Crippen LogP contribution in [0.4, 0.5) is 0 Å². The predicted molar refractivity (Wildman–Crippen MR) is 140 cm³/mol. The highest BCUT2D eigenvalue weighted by Gasteiger charge is 2.30. The van der Waals surface area contributed by atoms with E-state index in [1.807, 2.05) is 61.5 Å². The van der Waals surface area contributed by atoms with Gasteiger partial charge in [-0.3, -0.25) is 14.4 Å². The zero-order valence-corrected chi connectivity index (χ0v) is 20.5. The van der Waals surface area contributed by atoms with Gasteiger partial charge in [-0.15, -0.1) is 0 Å². The molecule has 3 aromatic carbocycles. The molecule has 0 saturated carbocycles. The summed E-state index contributed by atoms with van der Waals surface area (Å²) < 4.78 is 0. The van der Waals surface area contributed by atoms with Crippen LogP contribution in [0.3, 0.4) is 0 Å². The van der Waals surface area contributed by atoms with Gasteiger partial charge in [-0.25, -0.2) is 4.79 Å². The number of carbonyl (C=O) groups is 4. The smallest absolute Gasteiger partial charge is 0.328 e. The van der Waals surface area contributed by atoms with Crippen molar-refractivity contribution in [1.82, 2.24) is 15.5 Å². The molecule has 190 valence electrons. The van der Waals surface area contributed by atoms with Gasteiger partial charge in [0.15, 0.2) is 0 Å². The van der Waals surface area contributed by atoms with E-state index in [-0.39, 0.29) is 30.3 Å². The number of hydrogen-bond acceptors (Lipinski definition) is 4. The number of rotatable bonds is 9. The molecule has 3 aromatic rings. The van der Waals surface area contributed by atoms with Crippen LogP contribution in [-0.4, -0.2) is 52.8 Å². The van der Waals surface area contributed by atoms with Crippen LogP contribution in [0.15, 0.2) is 78.9 Å². The Hall–Kier alpha value is -4.46. The van der Waals surface area contributed by atoms with Crippen LogP contribution in [0.2, 0.25) is 0 Å². The maximum Gasteiger partial charge on any atom is 0.328 e. The molecule has 1 aliphatic rings. The second-order valence-electron chi connectivity index (χ2n) is 9.10. The molecule has 0 aromatic heterocycles. The number of benzene rings is 3. The van der Waals surface area contributed by atoms with Crippen molar-refractivity contribution < 1.29 is 24.3 Å². The van der Waals surface area contributed by atoms with E-state index in [9.17, 15) is 19.2 Å². The third kappa shape index (κ3) is 6.41. The molecule has 0 bridgehead atoms. The first-order chi connectivity index (χ1) is 17.8. The monoisotopic (exact) mass is 499 g/mol. The van der Waals surface area contributed by atoms with Crippen LogP contribution in [0.25, 0.3) is 10.8 Å². The minimum Gasteiger partial charge on any atom is -0.478 e. The van der Waals surface area contributed by atoms with E-state index in [2.05, 4.69) is 10.6 Å². The Morgan fingerprint density at radius 2 is 1.68 bits per heavy atom. The number of carboxylic acid groups (broad SMARTS) is 1. The summed E-state index contributed by atoms with van der Waals surface area (Å²) >= 11 is 0. The molecule has 1 fully saturated rings. The molecule has 1 atom stereocenters. The van der Waals surface area contributed by atoms with Gasteiger partial charge in [0.2, 0.25) is 11.8 Å². The normalized spacial score (nSPS) is 14.2. The van der Waals surface area contributed by atoms with E-state index in [1.54, 1.807) is 12.1 Å². The molecule has 0 spiro atoms. The van der Waals surface area contributed by atoms with Gasteiger partial charge < -0.3 is 20.6 Å². The molecule has 1 heterocycles. The third-order valence-electron chi connectivity index (χ3n) is 6.45. The number of nitrogens with one attached hydrogen (secondary N) is 2. The number of amides is 3. The fourth-order valence-corrected chi connectivity index (χ4v) is 4.49. The van der Waals surface area contributed by atoms with Gasteiger partial charge in [0.25, 0.3) is 5.91 Å². The van der Waals surface area contributed by atoms with Gasteiger partial charge in [-0.2, -0.15) is 0 Å². The van der Waals surface area contributed by atoms with Crippen LogP contribution in [0, 0.1) is 0 Å². The van der Waals surface area contributed by atoms with Gasteiger partial charge >= 0.3 is 5.97 Å². The number of carboxylic acids is 1. The molecule has 4 rings (SSSR count). The van der Waals surface area contributed by atoms with Crippen molar-refractivity contribution in [2.24, 2.45) is 0 Å². The minimum absolute atomic E-state index is 0.169. The average molecular weight is 500 g/mol. The molecular weight excluding hydrogens is 470 g/mol. The minimum atomic E-state index is -1.18. The molecule has 3 N–H and O–H groups in total. The van der Waals surface area contributed by atoms with Crippen molar-refractivity contribution in [1.29, 1.82) is 0 Å². The molecule has 1 unspecified atom stereocenters. The maximum absolute atomic E-state index is 13.2. The van der Waals surface area contributed by atoms with E-state index in [1.165, 1.54) is 4.90 Å². The van der Waals surface area contributed by atoms with Crippen molar-refractivity contribution in [2.75, 3.05) is 13.1 Å². The highest BCUT2D eigenvalue weighted by molar-refractivity contribution is 5.97. The Bertz CT molecular complexity index is 1360. The lowest BCUT2D eigenvalue weighted by Crippen LogP contribution is -2.60. The highest BCUT2D eigenvalue weighted by atomic mass is 16.4. The summed E-state index contributed by atoms with van der Waals surface area (Å²) in [6.07, 6.45) is 2.40. The van der Waals surface area contributed by atoms with E-state index in [4.69, 9.17) is 5.11 Å². The summed E-state index contributed by atoms with van der Waals surface area (Å²) in [4.78, 5) is 49.5. The first kappa shape index (κ1) is 25.6. The van der Waals surface area contributed by atoms with Gasteiger partial charge in [-0.1, -0.05) is 60.7 Å². The van der Waals surface area contributed by atoms with E-state index in [0.717, 1.165) is 34.1 Å². The van der Waals surface area contributed by atoms with Crippen LogP contribution in [-0.2, 0) is 20.8 Å². The Balaban J connectivity index is 1.31. The lowest BCUT2D eigenvalue weighted by Gasteiger charge is -2.38. The van der Waals surface area contributed by atoms with Crippen LogP contribution >= 0.6 is 0 Å². The third-order valence-corrected chi connectivity index (χ3v) is 6.45. The SMILES string of the molecule is CC(NC(=O)c1ccccc1CCC(=O)NC1CN(C(=O)/C=C/C(=O)O)C1)c1cccc2ccccc12. The van der Waals surface area contributed by atoms with Gasteiger partial charge in [0.05, 0.1) is 12.1 Å². The van der Waals surface area contributed by atoms with Crippen molar-refractivity contribution >= 4 is 34.5 Å². The summed E-state index contributed by atoms with van der Waals surface area (Å²) in [7, 11) is 0. The Morgan fingerprint density at radius 1 is 0.973 bits per heavy atom. The standard InChI is InChI=1S/C29H29N3O5/c1-19(23-12-6-9-20-7-2-4-10-24(20)23)30-29(37)25-11-5-3-8-21(25)13-14-26(33)31-22-17-32(18-22)27(34)15-16-28(35)36/h2-12,15-16,19,22H,13-14,17-18H2,1H3,(H,30,37)(H,31,33)(H,35,36)/b16-15+. The Kier molecular flexibility index (Phi) is 7.98. The van der Waals surface area contributed by atoms with Gasteiger partial charge in [0, 0.05) is 37.2 Å². The van der Waals surface area contributed by atoms with Crippen molar-refractivity contribution in [2.45, 2.75) is 31.8 Å². The lowest BCUT2D eigenvalue weighted by atomic mass is 9.98. The number of hydrogen-bond donors (Lipinski definition) is 3. The topological polar surface area (TPSA) is 116 Å². The highest BCUT2D eigenvalue weighted by Crippen LogP contribution is 2.24. The summed E-state index contributed by atoms with van der Waals surface area (Å²) in [6, 6.07) is 21.0. The first-order valence-electron chi connectivity index (χ1n) is 12.2. The zero-order chi connectivity index (χ0) is 26.4. The van der Waals surface area contributed by atoms with Gasteiger partial charge in [0.1, 0.15) is 0 Å². The number of nitrogens with zero attached hydrogens (tertiary/aromatic N) is 1. The number of carbonyl (C=O) groups excluding carboxylic acids is 3. The number of aliphatic carboxylic acids is 1. The molecule has 0 aliphatic carbocycles. The first-order valence-corrected chi connectivity index (χ1v) is 12.2. The van der Waals surface area contributed by atoms with Crippen molar-refractivity contribution in [3.63, 3.8) is 0 Å². The second kappa shape index (κ2) is 11.5. The average Bonchev–Trinajstić information content (AvgIpc) is 2.87. The lowest BCUT2D eigenvalue weighted by molar-refractivity contribution is -0.134. The number of fused-ring (bicyclic) bond motifs is 1. The molecule has 3 amide bonds. The van der Waals surface area contributed by atoms with Crippen molar-refractivity contribution in [3.05, 3.63) is 95.6 Å². The Labute approximate surface area is 215 Å². The molecule has 37 heavy (non-hydrogen) atoms. The molecule has 8 nitrogen and oxygen atoms in total. The van der Waals surface area contributed by atoms with E-state index in [0.29, 0.717) is 25.1 Å². The van der Waals surface area contributed by atoms with E-state index >= 15 is 0 Å². The summed E-state index contributed by atoms with van der Waals surface area (Å²) in [6.45, 7) is 2.62. The van der Waals surface area contributed by atoms with E-state index < -0.39 is 11.9 Å². The quantitative estimate of drug-likeness (QED) is 0.391. The predicted octanol–water partition coefficient (Wildman–Crippen LogP) is 3.23. The molecule has 8 heteroatoms. The molecular formula is C29H29N3O5. The maximum atomic E-state index is 13.2. The summed E-state index contributed by atoms with van der Waals surface area (Å²) in [5.74, 6) is -1.95. The van der Waals surface area contributed by atoms with Crippen LogP contribution < -0.4 is 10.6 Å². The second-order valence-corrected chi connectivity index (χ2v) is 9.10. The molecule has 0 radical (unpaired) electrons. The molecule has 1 saturated heterocycles. The summed E-state index contributed by atoms with van der Waals surface area (Å²) in [5, 5.41) is 16.8. The summed E-state index contributed by atoms with van der Waals surface area (Å²) in [5.41, 5.74) is 2.35. The number of aryl methyl sites for hydroxylation is 1. The zero-order valence-electron chi connectivity index (χ0n) is 20.5.